The molecule has 1 unspecified atom stereocenters. The molecule has 0 aliphatic rings. The zero-order valence-electron chi connectivity index (χ0n) is 12.1. The molecule has 20 heavy (non-hydrogen) atoms. The van der Waals surface area contributed by atoms with Gasteiger partial charge in [0.15, 0.2) is 0 Å². The summed E-state index contributed by atoms with van der Waals surface area (Å²) in [6, 6.07) is 4.15. The minimum atomic E-state index is 0.458. The maximum absolute atomic E-state index is 5.58. The Kier molecular flexibility index (Phi) is 5.76. The molecule has 0 bridgehead atoms. The lowest BCUT2D eigenvalue weighted by molar-refractivity contribution is 0.102. The number of rotatable bonds is 7. The first-order valence-electron chi connectivity index (χ1n) is 6.56. The van der Waals surface area contributed by atoms with Crippen molar-refractivity contribution in [3.05, 3.63) is 44.8 Å². The van der Waals surface area contributed by atoms with Crippen molar-refractivity contribution >= 4 is 28.4 Å². The monoisotopic (exact) mass is 308 g/mol. The van der Waals surface area contributed by atoms with Gasteiger partial charge in [-0.15, -0.1) is 0 Å². The van der Waals surface area contributed by atoms with E-state index in [4.69, 9.17) is 4.84 Å². The molecule has 0 saturated heterocycles. The molecule has 0 spiro atoms. The molecule has 0 radical (unpaired) electrons. The molecule has 0 fully saturated rings. The molecule has 3 nitrogen and oxygen atoms in total. The van der Waals surface area contributed by atoms with Gasteiger partial charge < -0.3 is 9.74 Å². The van der Waals surface area contributed by atoms with E-state index in [2.05, 4.69) is 64.7 Å². The number of hydrogen-bond acceptors (Lipinski definition) is 5. The Hall–Kier alpha value is -1.17. The molecule has 1 atom stereocenters. The first kappa shape index (κ1) is 15.2. The van der Waals surface area contributed by atoms with E-state index in [-0.39, 0.29) is 0 Å². The van der Waals surface area contributed by atoms with Crippen LogP contribution in [0, 0.1) is 5.92 Å². The summed E-state index contributed by atoms with van der Waals surface area (Å²) in [7, 11) is 4.14. The molecule has 5 heteroatoms. The van der Waals surface area contributed by atoms with Crippen LogP contribution in [0.3, 0.4) is 0 Å². The Morgan fingerprint density at radius 1 is 1.20 bits per heavy atom. The third kappa shape index (κ3) is 4.44. The van der Waals surface area contributed by atoms with Gasteiger partial charge in [-0.1, -0.05) is 12.1 Å². The van der Waals surface area contributed by atoms with Crippen molar-refractivity contribution in [1.82, 2.24) is 4.90 Å². The average Bonchev–Trinajstić information content (AvgIpc) is 3.07. The minimum Gasteiger partial charge on any atom is -0.395 e. The Balaban J connectivity index is 2.03. The molecular formula is C15H20N2OS2. The molecular weight excluding hydrogens is 288 g/mol. The summed E-state index contributed by atoms with van der Waals surface area (Å²) in [4.78, 5) is 7.74. The Labute approximate surface area is 128 Å². The van der Waals surface area contributed by atoms with Gasteiger partial charge in [-0.25, -0.2) is 0 Å². The van der Waals surface area contributed by atoms with Crippen LogP contribution in [0.5, 0.6) is 0 Å². The molecule has 0 aromatic carbocycles. The molecule has 0 N–H and O–H groups in total. The van der Waals surface area contributed by atoms with E-state index < -0.39 is 0 Å². The van der Waals surface area contributed by atoms with Crippen LogP contribution in [0.1, 0.15) is 18.1 Å². The highest BCUT2D eigenvalue weighted by Crippen LogP contribution is 2.17. The third-order valence-electron chi connectivity index (χ3n) is 2.78. The van der Waals surface area contributed by atoms with E-state index in [1.54, 1.807) is 22.7 Å². The summed E-state index contributed by atoms with van der Waals surface area (Å²) >= 11 is 3.35. The van der Waals surface area contributed by atoms with Crippen molar-refractivity contribution < 1.29 is 4.84 Å². The molecule has 108 valence electrons. The summed E-state index contributed by atoms with van der Waals surface area (Å²) in [6.07, 6.45) is 0. The van der Waals surface area contributed by atoms with Gasteiger partial charge in [0.1, 0.15) is 12.3 Å². The molecule has 2 aromatic heterocycles. The summed E-state index contributed by atoms with van der Waals surface area (Å²) in [6.45, 7) is 3.81. The zero-order chi connectivity index (χ0) is 14.4. The maximum atomic E-state index is 5.58. The number of thiophene rings is 2. The number of hydrogen-bond donors (Lipinski definition) is 0. The predicted molar refractivity (Wildman–Crippen MR) is 87.9 cm³/mol. The van der Waals surface area contributed by atoms with Gasteiger partial charge in [-0.3, -0.25) is 0 Å². The molecule has 2 aromatic rings. The van der Waals surface area contributed by atoms with Crippen molar-refractivity contribution in [2.24, 2.45) is 11.1 Å². The van der Waals surface area contributed by atoms with Gasteiger partial charge in [0.05, 0.1) is 0 Å². The van der Waals surface area contributed by atoms with Crippen LogP contribution in [0.4, 0.5) is 0 Å². The van der Waals surface area contributed by atoms with Gasteiger partial charge in [0.2, 0.25) is 0 Å². The van der Waals surface area contributed by atoms with Crippen LogP contribution < -0.4 is 0 Å². The van der Waals surface area contributed by atoms with Crippen LogP contribution in [-0.4, -0.2) is 37.9 Å². The molecule has 2 heterocycles. The quantitative estimate of drug-likeness (QED) is 0.574. The Bertz CT molecular complexity index is 482. The summed E-state index contributed by atoms with van der Waals surface area (Å²) in [5.74, 6) is 0.458. The average molecular weight is 308 g/mol. The second-order valence-corrected chi connectivity index (χ2v) is 6.69. The second-order valence-electron chi connectivity index (χ2n) is 5.13. The van der Waals surface area contributed by atoms with Crippen molar-refractivity contribution in [2.45, 2.75) is 6.92 Å². The van der Waals surface area contributed by atoms with Gasteiger partial charge in [0.25, 0.3) is 0 Å². The molecule has 0 amide bonds. The lowest BCUT2D eigenvalue weighted by atomic mass is 10.1. The van der Waals surface area contributed by atoms with Gasteiger partial charge in [-0.05, 0) is 37.0 Å². The first-order chi connectivity index (χ1) is 9.66. The molecule has 0 aliphatic carbocycles. The largest absolute Gasteiger partial charge is 0.395 e. The molecule has 2 rings (SSSR count). The second kappa shape index (κ2) is 7.57. The standard InChI is InChI=1S/C15H20N2OS2/c1-12(8-17(2)3)9-18-16-15(13-4-6-19-10-13)14-5-7-20-11-14/h4-7,10-12H,8-9H2,1-3H3. The normalized spacial score (nSPS) is 12.4. The SMILES string of the molecule is CC(CON=C(c1ccsc1)c1ccsc1)CN(C)C. The van der Waals surface area contributed by atoms with Gasteiger partial charge >= 0.3 is 0 Å². The molecule has 0 saturated carbocycles. The summed E-state index contributed by atoms with van der Waals surface area (Å²) in [5, 5.41) is 12.7. The van der Waals surface area contributed by atoms with Crippen molar-refractivity contribution in [3.8, 4) is 0 Å². The van der Waals surface area contributed by atoms with E-state index in [1.165, 1.54) is 0 Å². The third-order valence-corrected chi connectivity index (χ3v) is 4.15. The number of oxime groups is 1. The van der Waals surface area contributed by atoms with Crippen LogP contribution >= 0.6 is 22.7 Å². The Morgan fingerprint density at radius 2 is 1.80 bits per heavy atom. The van der Waals surface area contributed by atoms with Crippen LogP contribution in [0.25, 0.3) is 0 Å². The fourth-order valence-electron chi connectivity index (χ4n) is 1.98. The molecule has 0 aliphatic heterocycles. The van der Waals surface area contributed by atoms with Crippen LogP contribution in [-0.2, 0) is 4.84 Å². The minimum absolute atomic E-state index is 0.458. The lowest BCUT2D eigenvalue weighted by Gasteiger charge is -2.15. The van der Waals surface area contributed by atoms with E-state index >= 15 is 0 Å². The maximum Gasteiger partial charge on any atom is 0.121 e. The van der Waals surface area contributed by atoms with Gasteiger partial charge in [0, 0.05) is 34.3 Å². The highest BCUT2D eigenvalue weighted by Gasteiger charge is 2.10. The Morgan fingerprint density at radius 3 is 2.25 bits per heavy atom. The van der Waals surface area contributed by atoms with Crippen molar-refractivity contribution in [2.75, 3.05) is 27.2 Å². The van der Waals surface area contributed by atoms with Crippen molar-refractivity contribution in [1.29, 1.82) is 0 Å². The van der Waals surface area contributed by atoms with E-state index in [9.17, 15) is 0 Å². The highest BCUT2D eigenvalue weighted by molar-refractivity contribution is 7.08. The fourth-order valence-corrected chi connectivity index (χ4v) is 3.26. The van der Waals surface area contributed by atoms with Crippen molar-refractivity contribution in [3.63, 3.8) is 0 Å². The van der Waals surface area contributed by atoms with Gasteiger partial charge in [-0.2, -0.15) is 22.7 Å². The van der Waals surface area contributed by atoms with E-state index in [1.807, 2.05) is 0 Å². The highest BCUT2D eigenvalue weighted by atomic mass is 32.1. The fraction of sp³-hybridized carbons (Fsp3) is 0.400. The summed E-state index contributed by atoms with van der Waals surface area (Å²) in [5.41, 5.74) is 3.16. The predicted octanol–water partition coefficient (Wildman–Crippen LogP) is 3.78. The number of nitrogens with zero attached hydrogens (tertiary/aromatic N) is 2. The smallest absolute Gasteiger partial charge is 0.121 e. The zero-order valence-corrected chi connectivity index (χ0v) is 13.7. The van der Waals surface area contributed by atoms with Crippen LogP contribution in [0.15, 0.2) is 38.8 Å². The first-order valence-corrected chi connectivity index (χ1v) is 8.45. The lowest BCUT2D eigenvalue weighted by Crippen LogP contribution is -2.22. The van der Waals surface area contributed by atoms with E-state index in [0.29, 0.717) is 12.5 Å². The summed E-state index contributed by atoms with van der Waals surface area (Å²) < 4.78 is 0. The van der Waals surface area contributed by atoms with Crippen LogP contribution in [0.2, 0.25) is 0 Å². The van der Waals surface area contributed by atoms with E-state index in [0.717, 1.165) is 23.4 Å². The topological polar surface area (TPSA) is 24.8 Å².